The SMILES string of the molecule is CCCCc1ccccc1C(Cc1cccc(OC)c1)(NCn1ccnc1)c1ccccc1. The monoisotopic (exact) mass is 439 g/mol. The van der Waals surface area contributed by atoms with Crippen molar-refractivity contribution in [2.75, 3.05) is 7.11 Å². The number of rotatable bonds is 11. The fourth-order valence-electron chi connectivity index (χ4n) is 4.55. The summed E-state index contributed by atoms with van der Waals surface area (Å²) >= 11 is 0. The van der Waals surface area contributed by atoms with E-state index in [1.807, 2.05) is 24.8 Å². The minimum absolute atomic E-state index is 0.414. The topological polar surface area (TPSA) is 39.1 Å². The minimum Gasteiger partial charge on any atom is -0.497 e. The molecular formula is C29H33N3O. The van der Waals surface area contributed by atoms with Crippen LogP contribution in [0.4, 0.5) is 0 Å². The maximum atomic E-state index is 5.54. The maximum Gasteiger partial charge on any atom is 0.119 e. The fourth-order valence-corrected chi connectivity index (χ4v) is 4.55. The van der Waals surface area contributed by atoms with Crippen LogP contribution in [0.25, 0.3) is 0 Å². The standard InChI is InChI=1S/C29H33N3O/c1-3-4-12-25-13-8-9-17-28(25)29(26-14-6-5-7-15-26,31-23-32-19-18-30-22-32)21-24-11-10-16-27(20-24)33-2/h5-11,13-20,22,31H,3-4,12,21,23H2,1-2H3. The predicted molar refractivity (Wildman–Crippen MR) is 134 cm³/mol. The molecule has 0 fully saturated rings. The van der Waals surface area contributed by atoms with Gasteiger partial charge in [0.05, 0.1) is 25.6 Å². The van der Waals surface area contributed by atoms with E-state index in [4.69, 9.17) is 4.74 Å². The summed E-state index contributed by atoms with van der Waals surface area (Å²) in [5.74, 6) is 0.878. The number of ether oxygens (including phenoxy) is 1. The summed E-state index contributed by atoms with van der Waals surface area (Å²) in [4.78, 5) is 4.24. The van der Waals surface area contributed by atoms with E-state index >= 15 is 0 Å². The van der Waals surface area contributed by atoms with Crippen LogP contribution in [-0.4, -0.2) is 16.7 Å². The lowest BCUT2D eigenvalue weighted by molar-refractivity contribution is 0.352. The van der Waals surface area contributed by atoms with E-state index < -0.39 is 5.54 Å². The molecule has 0 aliphatic carbocycles. The molecule has 4 nitrogen and oxygen atoms in total. The second-order valence-electron chi connectivity index (χ2n) is 8.47. The summed E-state index contributed by atoms with van der Waals surface area (Å²) in [7, 11) is 1.72. The number of unbranched alkanes of at least 4 members (excludes halogenated alkanes) is 1. The first-order valence-corrected chi connectivity index (χ1v) is 11.7. The van der Waals surface area contributed by atoms with Crippen LogP contribution in [0.1, 0.15) is 42.0 Å². The third-order valence-corrected chi connectivity index (χ3v) is 6.27. The predicted octanol–water partition coefficient (Wildman–Crippen LogP) is 5.97. The quantitative estimate of drug-likeness (QED) is 0.313. The molecule has 0 amide bonds. The number of hydrogen-bond donors (Lipinski definition) is 1. The summed E-state index contributed by atoms with van der Waals surface area (Å²) < 4.78 is 7.62. The van der Waals surface area contributed by atoms with E-state index in [0.29, 0.717) is 6.67 Å². The van der Waals surface area contributed by atoms with Crippen molar-refractivity contribution in [2.24, 2.45) is 0 Å². The zero-order valence-corrected chi connectivity index (χ0v) is 19.6. The molecule has 0 bridgehead atoms. The van der Waals surface area contributed by atoms with Gasteiger partial charge in [-0.1, -0.05) is 80.1 Å². The Balaban J connectivity index is 1.87. The molecule has 0 saturated heterocycles. The number of aryl methyl sites for hydroxylation is 1. The summed E-state index contributed by atoms with van der Waals surface area (Å²) in [6, 6.07) is 28.1. The molecule has 4 aromatic rings. The van der Waals surface area contributed by atoms with Gasteiger partial charge in [0.15, 0.2) is 0 Å². The van der Waals surface area contributed by atoms with E-state index in [2.05, 4.69) is 94.6 Å². The highest BCUT2D eigenvalue weighted by atomic mass is 16.5. The van der Waals surface area contributed by atoms with E-state index in [1.54, 1.807) is 7.11 Å². The van der Waals surface area contributed by atoms with Crippen molar-refractivity contribution in [3.05, 3.63) is 120 Å². The highest BCUT2D eigenvalue weighted by Gasteiger charge is 2.36. The maximum absolute atomic E-state index is 5.54. The van der Waals surface area contributed by atoms with Gasteiger partial charge in [-0.15, -0.1) is 0 Å². The van der Waals surface area contributed by atoms with Crippen LogP contribution in [0.5, 0.6) is 5.75 Å². The third-order valence-electron chi connectivity index (χ3n) is 6.27. The second-order valence-corrected chi connectivity index (χ2v) is 8.47. The lowest BCUT2D eigenvalue weighted by atomic mass is 9.75. The number of hydrogen-bond acceptors (Lipinski definition) is 3. The van der Waals surface area contributed by atoms with Gasteiger partial charge in [0.25, 0.3) is 0 Å². The minimum atomic E-state index is -0.414. The lowest BCUT2D eigenvalue weighted by Crippen LogP contribution is -2.46. The molecule has 0 aliphatic heterocycles. The van der Waals surface area contributed by atoms with Gasteiger partial charge in [0, 0.05) is 12.4 Å². The number of benzene rings is 3. The molecule has 0 radical (unpaired) electrons. The second kappa shape index (κ2) is 11.0. The highest BCUT2D eigenvalue weighted by molar-refractivity contribution is 5.46. The lowest BCUT2D eigenvalue weighted by Gasteiger charge is -2.38. The van der Waals surface area contributed by atoms with Gasteiger partial charge in [-0.25, -0.2) is 4.98 Å². The molecule has 1 N–H and O–H groups in total. The Labute approximate surface area is 197 Å². The van der Waals surface area contributed by atoms with Crippen molar-refractivity contribution in [3.63, 3.8) is 0 Å². The highest BCUT2D eigenvalue weighted by Crippen LogP contribution is 2.37. The molecule has 4 heteroatoms. The Morgan fingerprint density at radius 1 is 0.970 bits per heavy atom. The third kappa shape index (κ3) is 5.35. The molecule has 4 rings (SSSR count). The molecule has 1 atom stereocenters. The summed E-state index contributed by atoms with van der Waals surface area (Å²) in [6.07, 6.45) is 9.88. The van der Waals surface area contributed by atoms with Crippen LogP contribution < -0.4 is 10.1 Å². The molecule has 0 spiro atoms. The Bertz CT molecular complexity index is 1120. The molecule has 170 valence electrons. The molecule has 1 unspecified atom stereocenters. The molecule has 0 saturated carbocycles. The Hall–Kier alpha value is -3.37. The largest absolute Gasteiger partial charge is 0.497 e. The van der Waals surface area contributed by atoms with Gasteiger partial charge in [0.2, 0.25) is 0 Å². The Morgan fingerprint density at radius 2 is 1.79 bits per heavy atom. The number of imidazole rings is 1. The van der Waals surface area contributed by atoms with Gasteiger partial charge < -0.3 is 9.30 Å². The van der Waals surface area contributed by atoms with E-state index in [-0.39, 0.29) is 0 Å². The Morgan fingerprint density at radius 3 is 2.55 bits per heavy atom. The molecule has 3 aromatic carbocycles. The van der Waals surface area contributed by atoms with Crippen LogP contribution >= 0.6 is 0 Å². The van der Waals surface area contributed by atoms with Gasteiger partial charge in [-0.3, -0.25) is 5.32 Å². The first kappa shape index (κ1) is 22.8. The average molecular weight is 440 g/mol. The van der Waals surface area contributed by atoms with Gasteiger partial charge in [-0.2, -0.15) is 0 Å². The van der Waals surface area contributed by atoms with Crippen molar-refractivity contribution in [1.82, 2.24) is 14.9 Å². The summed E-state index contributed by atoms with van der Waals surface area (Å²) in [5.41, 5.74) is 4.78. The smallest absolute Gasteiger partial charge is 0.119 e. The zero-order chi connectivity index (χ0) is 22.9. The van der Waals surface area contributed by atoms with E-state index in [1.165, 1.54) is 35.1 Å². The van der Waals surface area contributed by atoms with Gasteiger partial charge in [0.1, 0.15) is 5.75 Å². The van der Waals surface area contributed by atoms with Crippen LogP contribution in [-0.2, 0) is 25.0 Å². The van der Waals surface area contributed by atoms with Crippen LogP contribution in [0, 0.1) is 0 Å². The zero-order valence-electron chi connectivity index (χ0n) is 19.6. The molecule has 33 heavy (non-hydrogen) atoms. The van der Waals surface area contributed by atoms with Crippen molar-refractivity contribution in [1.29, 1.82) is 0 Å². The van der Waals surface area contributed by atoms with Crippen LogP contribution in [0.2, 0.25) is 0 Å². The number of nitrogens with one attached hydrogen (secondary N) is 1. The summed E-state index contributed by atoms with van der Waals surface area (Å²) in [5, 5.41) is 3.95. The van der Waals surface area contributed by atoms with Gasteiger partial charge >= 0.3 is 0 Å². The van der Waals surface area contributed by atoms with Crippen molar-refractivity contribution in [3.8, 4) is 5.75 Å². The molecular weight excluding hydrogens is 406 g/mol. The number of nitrogens with zero attached hydrogens (tertiary/aromatic N) is 2. The normalized spacial score (nSPS) is 12.9. The van der Waals surface area contributed by atoms with E-state index in [9.17, 15) is 0 Å². The number of aromatic nitrogens is 2. The van der Waals surface area contributed by atoms with Crippen molar-refractivity contribution in [2.45, 2.75) is 44.8 Å². The fraction of sp³-hybridized carbons (Fsp3) is 0.276. The molecule has 1 heterocycles. The van der Waals surface area contributed by atoms with Gasteiger partial charge in [-0.05, 0) is 53.6 Å². The molecule has 1 aromatic heterocycles. The average Bonchev–Trinajstić information content (AvgIpc) is 3.40. The first-order valence-electron chi connectivity index (χ1n) is 11.7. The van der Waals surface area contributed by atoms with Crippen molar-refractivity contribution < 1.29 is 4.74 Å². The first-order chi connectivity index (χ1) is 16.2. The molecule has 0 aliphatic rings. The van der Waals surface area contributed by atoms with Crippen molar-refractivity contribution >= 4 is 0 Å². The van der Waals surface area contributed by atoms with Crippen LogP contribution in [0.15, 0.2) is 97.6 Å². The Kier molecular flexibility index (Phi) is 7.59. The van der Waals surface area contributed by atoms with Crippen LogP contribution in [0.3, 0.4) is 0 Å². The summed E-state index contributed by atoms with van der Waals surface area (Å²) in [6.45, 7) is 2.90. The number of methoxy groups -OCH3 is 1. The van der Waals surface area contributed by atoms with E-state index in [0.717, 1.165) is 18.6 Å².